The molecule has 0 fully saturated rings. The molecule has 0 spiro atoms. The molecule has 43 heavy (non-hydrogen) atoms. The highest BCUT2D eigenvalue weighted by atomic mass is 16.5. The molecule has 0 heterocycles. The number of carboxylic acid groups (broad SMARTS) is 1. The first-order valence-electron chi connectivity index (χ1n) is 18.3. The van der Waals surface area contributed by atoms with Gasteiger partial charge in [0, 0.05) is 6.42 Å². The first-order valence-corrected chi connectivity index (χ1v) is 18.3. The Labute approximate surface area is 267 Å². The molecule has 252 valence electrons. The van der Waals surface area contributed by atoms with E-state index in [1.807, 2.05) is 14.1 Å². The van der Waals surface area contributed by atoms with Crippen LogP contribution in [0.2, 0.25) is 0 Å². The third-order valence-electron chi connectivity index (χ3n) is 8.26. The molecule has 0 saturated heterocycles. The zero-order valence-corrected chi connectivity index (χ0v) is 29.1. The molecule has 0 aliphatic carbocycles. The molecular weight excluding hydrogens is 534 g/mol. The predicted molar refractivity (Wildman–Crippen MR) is 182 cm³/mol. The van der Waals surface area contributed by atoms with Crippen molar-refractivity contribution < 1.29 is 23.9 Å². The van der Waals surface area contributed by atoms with Gasteiger partial charge in [-0.3, -0.25) is 4.79 Å². The van der Waals surface area contributed by atoms with Gasteiger partial charge >= 0.3 is 5.97 Å². The molecule has 0 saturated carbocycles. The molecule has 0 amide bonds. The zero-order chi connectivity index (χ0) is 31.9. The Morgan fingerprint density at radius 2 is 1.07 bits per heavy atom. The number of unbranched alkanes of at least 4 members (excludes halogenated alkanes) is 19. The number of aliphatic carboxylic acids is 1. The van der Waals surface area contributed by atoms with E-state index in [0.717, 1.165) is 51.4 Å². The van der Waals surface area contributed by atoms with E-state index in [0.29, 0.717) is 13.0 Å². The first kappa shape index (κ1) is 41.4. The third-order valence-corrected chi connectivity index (χ3v) is 8.26. The van der Waals surface area contributed by atoms with Crippen LogP contribution in [0.25, 0.3) is 0 Å². The quantitative estimate of drug-likeness (QED) is 0.0331. The minimum atomic E-state index is -1.06. The number of carbonyl (C=O) groups excluding carboxylic acids is 2. The van der Waals surface area contributed by atoms with Crippen molar-refractivity contribution in [3.63, 3.8) is 0 Å². The van der Waals surface area contributed by atoms with Gasteiger partial charge < -0.3 is 19.1 Å². The Balaban J connectivity index is 4.12. The number of rotatable bonds is 32. The second-order valence-electron chi connectivity index (χ2n) is 13.4. The molecule has 0 bridgehead atoms. The predicted octanol–water partition coefficient (Wildman–Crippen LogP) is 9.63. The summed E-state index contributed by atoms with van der Waals surface area (Å²) in [5.41, 5.74) is 0. The third kappa shape index (κ3) is 31.6. The molecule has 0 aliphatic heterocycles. The standard InChI is InChI=1S/C38H71NO4/c1-5-7-9-11-13-15-17-19-20-21-23-25-27-29-31-33-38(42)43-36(34-39(3,4)35-37(40)41)32-30-28-26-24-22-18-16-14-12-10-8-6-2/h13,15,19-20,36H,5-12,14,16-18,21-35H2,1-4H3/b15-13-,20-19-. The highest BCUT2D eigenvalue weighted by Crippen LogP contribution is 2.17. The maximum absolute atomic E-state index is 12.6. The fourth-order valence-corrected chi connectivity index (χ4v) is 5.69. The van der Waals surface area contributed by atoms with Gasteiger partial charge in [-0.05, 0) is 51.4 Å². The van der Waals surface area contributed by atoms with Gasteiger partial charge in [-0.1, -0.05) is 141 Å². The van der Waals surface area contributed by atoms with E-state index in [1.165, 1.54) is 103 Å². The maximum atomic E-state index is 12.6. The van der Waals surface area contributed by atoms with Crippen molar-refractivity contribution in [1.29, 1.82) is 0 Å². The molecule has 0 rings (SSSR count). The summed E-state index contributed by atoms with van der Waals surface area (Å²) in [6, 6.07) is 0. The lowest BCUT2D eigenvalue weighted by Crippen LogP contribution is -2.52. The summed E-state index contributed by atoms with van der Waals surface area (Å²) >= 11 is 0. The monoisotopic (exact) mass is 606 g/mol. The molecule has 0 aromatic rings. The number of nitrogens with zero attached hydrogens (tertiary/aromatic N) is 1. The molecule has 0 radical (unpaired) electrons. The summed E-state index contributed by atoms with van der Waals surface area (Å²) < 4.78 is 6.17. The molecule has 5 heteroatoms. The Morgan fingerprint density at radius 1 is 0.628 bits per heavy atom. The lowest BCUT2D eigenvalue weighted by molar-refractivity contribution is -0.887. The highest BCUT2D eigenvalue weighted by molar-refractivity contribution is 5.69. The topological polar surface area (TPSA) is 66.4 Å². The van der Waals surface area contributed by atoms with Gasteiger partial charge in [0.15, 0.2) is 6.10 Å². The number of carbonyl (C=O) groups is 2. The largest absolute Gasteiger partial charge is 0.544 e. The zero-order valence-electron chi connectivity index (χ0n) is 29.1. The minimum Gasteiger partial charge on any atom is -0.544 e. The summed E-state index contributed by atoms with van der Waals surface area (Å²) in [4.78, 5) is 23.9. The molecule has 1 atom stereocenters. The van der Waals surface area contributed by atoms with Crippen molar-refractivity contribution in [3.05, 3.63) is 24.3 Å². The summed E-state index contributed by atoms with van der Waals surface area (Å²) in [5.74, 6) is -1.20. The van der Waals surface area contributed by atoms with Gasteiger partial charge in [-0.2, -0.15) is 0 Å². The molecule has 0 N–H and O–H groups in total. The SMILES string of the molecule is CCCCC/C=C\C/C=C\CCCCCCCC(=O)OC(CCCCCCCCCCCCCC)C[N+](C)(C)CC(=O)[O-]. The summed E-state index contributed by atoms with van der Waals surface area (Å²) in [7, 11) is 3.75. The number of quaternary nitrogens is 1. The number of hydrogen-bond donors (Lipinski definition) is 0. The lowest BCUT2D eigenvalue weighted by Gasteiger charge is -2.33. The number of esters is 1. The Hall–Kier alpha value is -1.62. The van der Waals surface area contributed by atoms with Crippen molar-refractivity contribution in [3.8, 4) is 0 Å². The average Bonchev–Trinajstić information content (AvgIpc) is 2.94. The van der Waals surface area contributed by atoms with Gasteiger partial charge in [0.1, 0.15) is 13.1 Å². The van der Waals surface area contributed by atoms with E-state index in [1.54, 1.807) is 0 Å². The second-order valence-corrected chi connectivity index (χ2v) is 13.4. The molecule has 5 nitrogen and oxygen atoms in total. The average molecular weight is 606 g/mol. The Bertz CT molecular complexity index is 700. The van der Waals surface area contributed by atoms with Crippen LogP contribution in [0.15, 0.2) is 24.3 Å². The summed E-state index contributed by atoms with van der Waals surface area (Å²) in [5, 5.41) is 11.2. The summed E-state index contributed by atoms with van der Waals surface area (Å²) in [6.07, 6.45) is 38.4. The van der Waals surface area contributed by atoms with Gasteiger partial charge in [-0.15, -0.1) is 0 Å². The lowest BCUT2D eigenvalue weighted by atomic mass is 10.0. The number of carboxylic acids is 1. The van der Waals surface area contributed by atoms with E-state index in [2.05, 4.69) is 38.2 Å². The smallest absolute Gasteiger partial charge is 0.306 e. The van der Waals surface area contributed by atoms with Crippen LogP contribution in [0.5, 0.6) is 0 Å². The van der Waals surface area contributed by atoms with Crippen LogP contribution in [0, 0.1) is 0 Å². The molecule has 1 unspecified atom stereocenters. The van der Waals surface area contributed by atoms with Crippen molar-refractivity contribution >= 4 is 11.9 Å². The van der Waals surface area contributed by atoms with Gasteiger partial charge in [0.25, 0.3) is 0 Å². The molecule has 0 aromatic carbocycles. The fraction of sp³-hybridized carbons (Fsp3) is 0.842. The van der Waals surface area contributed by atoms with Gasteiger partial charge in [-0.25, -0.2) is 0 Å². The number of hydrogen-bond acceptors (Lipinski definition) is 4. The number of ether oxygens (including phenoxy) is 1. The number of likely N-dealkylation sites (N-methyl/N-ethyl adjacent to an activating group) is 1. The molecule has 0 aromatic heterocycles. The molecule has 0 aliphatic rings. The van der Waals surface area contributed by atoms with Crippen LogP contribution in [-0.4, -0.2) is 49.7 Å². The van der Waals surface area contributed by atoms with Crippen LogP contribution < -0.4 is 5.11 Å². The van der Waals surface area contributed by atoms with Crippen molar-refractivity contribution in [2.45, 2.75) is 180 Å². The maximum Gasteiger partial charge on any atom is 0.306 e. The Morgan fingerprint density at radius 3 is 1.60 bits per heavy atom. The van der Waals surface area contributed by atoms with E-state index in [4.69, 9.17) is 4.74 Å². The minimum absolute atomic E-state index is 0.0720. The van der Waals surface area contributed by atoms with Gasteiger partial charge in [0.05, 0.1) is 20.1 Å². The van der Waals surface area contributed by atoms with Crippen LogP contribution in [-0.2, 0) is 14.3 Å². The Kier molecular flexibility index (Phi) is 29.3. The van der Waals surface area contributed by atoms with Crippen molar-refractivity contribution in [2.24, 2.45) is 0 Å². The van der Waals surface area contributed by atoms with E-state index in [-0.39, 0.29) is 23.1 Å². The van der Waals surface area contributed by atoms with Crippen LogP contribution in [0.4, 0.5) is 0 Å². The first-order chi connectivity index (χ1) is 20.8. The van der Waals surface area contributed by atoms with E-state index >= 15 is 0 Å². The molecular formula is C38H71NO4. The highest BCUT2D eigenvalue weighted by Gasteiger charge is 2.25. The number of allylic oxidation sites excluding steroid dienone is 4. The van der Waals surface area contributed by atoms with E-state index < -0.39 is 5.97 Å². The van der Waals surface area contributed by atoms with Crippen LogP contribution in [0.3, 0.4) is 0 Å². The van der Waals surface area contributed by atoms with Gasteiger partial charge in [0.2, 0.25) is 0 Å². The van der Waals surface area contributed by atoms with Crippen LogP contribution >= 0.6 is 0 Å². The summed E-state index contributed by atoms with van der Waals surface area (Å²) in [6.45, 7) is 4.95. The van der Waals surface area contributed by atoms with Crippen LogP contribution in [0.1, 0.15) is 174 Å². The van der Waals surface area contributed by atoms with Crippen molar-refractivity contribution in [2.75, 3.05) is 27.2 Å². The fourth-order valence-electron chi connectivity index (χ4n) is 5.69. The normalized spacial score (nSPS) is 12.8. The second kappa shape index (κ2) is 30.4. The van der Waals surface area contributed by atoms with Crippen molar-refractivity contribution in [1.82, 2.24) is 0 Å². The van der Waals surface area contributed by atoms with E-state index in [9.17, 15) is 14.7 Å².